The number of hydrogen-bond donors (Lipinski definition) is 2. The molecule has 3 amide bonds. The molecule has 1 aliphatic heterocycles. The van der Waals surface area contributed by atoms with E-state index in [0.29, 0.717) is 35.3 Å². The van der Waals surface area contributed by atoms with Crippen molar-refractivity contribution in [1.29, 1.82) is 0 Å². The van der Waals surface area contributed by atoms with Crippen molar-refractivity contribution in [3.63, 3.8) is 0 Å². The Balaban J connectivity index is 1.60. The number of urea groups is 1. The lowest BCUT2D eigenvalue weighted by molar-refractivity contribution is -0.117. The summed E-state index contributed by atoms with van der Waals surface area (Å²) < 4.78 is 10.5. The van der Waals surface area contributed by atoms with Crippen LogP contribution in [0.25, 0.3) is 0 Å². The maximum Gasteiger partial charge on any atom is 0.319 e. The van der Waals surface area contributed by atoms with Gasteiger partial charge < -0.3 is 25.0 Å². The number of carbonyl (C=O) groups is 2. The molecule has 1 atom stereocenters. The second kappa shape index (κ2) is 8.86. The third-order valence-corrected chi connectivity index (χ3v) is 4.97. The lowest BCUT2D eigenvalue weighted by Crippen LogP contribution is -2.39. The monoisotopic (exact) mass is 397 g/mol. The van der Waals surface area contributed by atoms with Crippen LogP contribution in [-0.2, 0) is 4.79 Å². The molecule has 154 valence electrons. The van der Waals surface area contributed by atoms with Crippen LogP contribution in [0.4, 0.5) is 16.2 Å². The quantitative estimate of drug-likeness (QED) is 0.778. The van der Waals surface area contributed by atoms with Gasteiger partial charge in [-0.1, -0.05) is 26.0 Å². The summed E-state index contributed by atoms with van der Waals surface area (Å²) in [6.45, 7) is 4.64. The molecule has 0 bridgehead atoms. The van der Waals surface area contributed by atoms with Gasteiger partial charge in [0.15, 0.2) is 11.5 Å². The highest BCUT2D eigenvalue weighted by Crippen LogP contribution is 2.33. The van der Waals surface area contributed by atoms with E-state index in [1.807, 2.05) is 24.3 Å². The number of methoxy groups -OCH3 is 2. The van der Waals surface area contributed by atoms with Crippen molar-refractivity contribution in [1.82, 2.24) is 5.32 Å². The molecule has 0 radical (unpaired) electrons. The van der Waals surface area contributed by atoms with Crippen LogP contribution < -0.4 is 25.0 Å². The molecule has 1 saturated heterocycles. The topological polar surface area (TPSA) is 79.9 Å². The van der Waals surface area contributed by atoms with Gasteiger partial charge in [-0.25, -0.2) is 4.79 Å². The molecule has 1 fully saturated rings. The number of nitrogens with one attached hydrogen (secondary N) is 2. The van der Waals surface area contributed by atoms with Gasteiger partial charge in [0.2, 0.25) is 5.91 Å². The average molecular weight is 397 g/mol. The van der Waals surface area contributed by atoms with E-state index < -0.39 is 0 Å². The van der Waals surface area contributed by atoms with Gasteiger partial charge >= 0.3 is 6.03 Å². The highest BCUT2D eigenvalue weighted by Gasteiger charge is 2.32. The fourth-order valence-electron chi connectivity index (χ4n) is 3.35. The lowest BCUT2D eigenvalue weighted by Gasteiger charge is -2.19. The minimum Gasteiger partial charge on any atom is -0.493 e. The predicted molar refractivity (Wildman–Crippen MR) is 113 cm³/mol. The van der Waals surface area contributed by atoms with E-state index >= 15 is 0 Å². The number of anilines is 2. The Kier molecular flexibility index (Phi) is 6.26. The molecule has 2 aromatic carbocycles. The molecule has 0 spiro atoms. The van der Waals surface area contributed by atoms with Crippen molar-refractivity contribution in [3.8, 4) is 11.5 Å². The van der Waals surface area contributed by atoms with Crippen LogP contribution in [0.5, 0.6) is 11.5 Å². The number of nitrogens with zero attached hydrogens (tertiary/aromatic N) is 1. The Hall–Kier alpha value is -3.22. The highest BCUT2D eigenvalue weighted by molar-refractivity contribution is 5.98. The van der Waals surface area contributed by atoms with Crippen LogP contribution in [0.15, 0.2) is 42.5 Å². The molecule has 0 aromatic heterocycles. The van der Waals surface area contributed by atoms with Gasteiger partial charge in [0, 0.05) is 30.4 Å². The highest BCUT2D eigenvalue weighted by atomic mass is 16.5. The van der Waals surface area contributed by atoms with Crippen molar-refractivity contribution >= 4 is 23.3 Å². The van der Waals surface area contributed by atoms with Crippen LogP contribution in [0.3, 0.4) is 0 Å². The zero-order valence-electron chi connectivity index (χ0n) is 17.2. The van der Waals surface area contributed by atoms with E-state index in [0.717, 1.165) is 0 Å². The fourth-order valence-corrected chi connectivity index (χ4v) is 3.35. The van der Waals surface area contributed by atoms with Gasteiger partial charge in [-0.15, -0.1) is 0 Å². The van der Waals surface area contributed by atoms with E-state index in [1.54, 1.807) is 37.3 Å². The van der Waals surface area contributed by atoms with Gasteiger partial charge in [-0.3, -0.25) is 4.79 Å². The summed E-state index contributed by atoms with van der Waals surface area (Å²) in [5.74, 6) is 1.53. The van der Waals surface area contributed by atoms with Crippen LogP contribution in [0.1, 0.15) is 31.7 Å². The maximum absolute atomic E-state index is 12.5. The van der Waals surface area contributed by atoms with E-state index in [1.165, 1.54) is 5.56 Å². The van der Waals surface area contributed by atoms with Gasteiger partial charge in [0.05, 0.1) is 20.3 Å². The number of rotatable bonds is 6. The van der Waals surface area contributed by atoms with E-state index in [9.17, 15) is 9.59 Å². The van der Waals surface area contributed by atoms with Gasteiger partial charge in [0.1, 0.15) is 0 Å². The number of ether oxygens (including phenoxy) is 2. The Labute approximate surface area is 171 Å². The summed E-state index contributed by atoms with van der Waals surface area (Å²) in [5, 5.41) is 5.70. The largest absolute Gasteiger partial charge is 0.493 e. The first-order valence-electron chi connectivity index (χ1n) is 9.61. The molecule has 0 aliphatic carbocycles. The maximum atomic E-state index is 12.5. The molecule has 7 heteroatoms. The zero-order valence-corrected chi connectivity index (χ0v) is 17.2. The van der Waals surface area contributed by atoms with Crippen LogP contribution >= 0.6 is 0 Å². The third kappa shape index (κ3) is 4.80. The molecular formula is C22H27N3O4. The summed E-state index contributed by atoms with van der Waals surface area (Å²) in [7, 11) is 3.11. The van der Waals surface area contributed by atoms with Crippen molar-refractivity contribution in [2.75, 3.05) is 31.0 Å². The van der Waals surface area contributed by atoms with Crippen LogP contribution in [0, 0.1) is 0 Å². The molecule has 29 heavy (non-hydrogen) atoms. The predicted octanol–water partition coefficient (Wildman–Crippen LogP) is 3.75. The van der Waals surface area contributed by atoms with E-state index in [4.69, 9.17) is 9.47 Å². The SMILES string of the molecule is COc1ccc(N2C[C@H](NC(=O)Nc3ccc(C(C)C)cc3)CC2=O)cc1OC. The van der Waals surface area contributed by atoms with Gasteiger partial charge in [-0.2, -0.15) is 0 Å². The molecule has 7 nitrogen and oxygen atoms in total. The van der Waals surface area contributed by atoms with E-state index in [-0.39, 0.29) is 24.4 Å². The smallest absolute Gasteiger partial charge is 0.319 e. The van der Waals surface area contributed by atoms with Crippen molar-refractivity contribution in [3.05, 3.63) is 48.0 Å². The molecule has 0 saturated carbocycles. The third-order valence-electron chi connectivity index (χ3n) is 4.97. The first-order valence-corrected chi connectivity index (χ1v) is 9.61. The number of carbonyl (C=O) groups excluding carboxylic acids is 2. The van der Waals surface area contributed by atoms with Gasteiger partial charge in [-0.05, 0) is 35.7 Å². The summed E-state index contributed by atoms with van der Waals surface area (Å²) >= 11 is 0. The second-order valence-corrected chi connectivity index (χ2v) is 7.32. The molecule has 2 N–H and O–H groups in total. The number of amides is 3. The summed E-state index contributed by atoms with van der Waals surface area (Å²) in [6, 6.07) is 12.5. The normalized spacial score (nSPS) is 16.1. The summed E-state index contributed by atoms with van der Waals surface area (Å²) in [4.78, 5) is 26.4. The first kappa shape index (κ1) is 20.5. The summed E-state index contributed by atoms with van der Waals surface area (Å²) in [6.07, 6.45) is 0.244. The summed E-state index contributed by atoms with van der Waals surface area (Å²) in [5.41, 5.74) is 2.64. The van der Waals surface area contributed by atoms with Crippen LogP contribution in [0.2, 0.25) is 0 Å². The lowest BCUT2D eigenvalue weighted by atomic mass is 10.0. The Morgan fingerprint density at radius 1 is 1.07 bits per heavy atom. The van der Waals surface area contributed by atoms with Crippen molar-refractivity contribution < 1.29 is 19.1 Å². The van der Waals surface area contributed by atoms with Crippen LogP contribution in [-0.4, -0.2) is 38.7 Å². The second-order valence-electron chi connectivity index (χ2n) is 7.32. The molecule has 1 heterocycles. The van der Waals surface area contributed by atoms with Gasteiger partial charge in [0.25, 0.3) is 0 Å². The Morgan fingerprint density at radius 2 is 1.76 bits per heavy atom. The minimum atomic E-state index is -0.325. The first-order chi connectivity index (χ1) is 13.9. The molecule has 2 aromatic rings. The van der Waals surface area contributed by atoms with Crippen molar-refractivity contribution in [2.24, 2.45) is 0 Å². The molecule has 3 rings (SSSR count). The van der Waals surface area contributed by atoms with E-state index in [2.05, 4.69) is 24.5 Å². The molecular weight excluding hydrogens is 370 g/mol. The molecule has 1 aliphatic rings. The number of hydrogen-bond acceptors (Lipinski definition) is 4. The standard InChI is InChI=1S/C22H27N3O4/c1-14(2)15-5-7-16(8-6-15)23-22(27)24-17-11-21(26)25(13-17)18-9-10-19(28-3)20(12-18)29-4/h5-10,12,14,17H,11,13H2,1-4H3,(H2,23,24,27)/t17-/m1/s1. The zero-order chi connectivity index (χ0) is 21.0. The fraction of sp³-hybridized carbons (Fsp3) is 0.364. The average Bonchev–Trinajstić information content (AvgIpc) is 3.07. The molecule has 0 unspecified atom stereocenters. The Bertz CT molecular complexity index is 880. The Morgan fingerprint density at radius 3 is 2.38 bits per heavy atom. The van der Waals surface area contributed by atoms with Crippen molar-refractivity contribution in [2.45, 2.75) is 32.2 Å². The minimum absolute atomic E-state index is 0.0520. The number of benzene rings is 2.